The van der Waals surface area contributed by atoms with Gasteiger partial charge in [0.15, 0.2) is 4.84 Å². The van der Waals surface area contributed by atoms with Crippen molar-refractivity contribution in [2.75, 3.05) is 5.32 Å². The fraction of sp³-hybridized carbons (Fsp3) is 0.0556. The first-order chi connectivity index (χ1) is 10.6. The number of hydrogen-bond donors (Lipinski definition) is 1. The Bertz CT molecular complexity index is 830. The van der Waals surface area contributed by atoms with Gasteiger partial charge in [0, 0.05) is 5.69 Å². The topological polar surface area (TPSA) is 29.1 Å². The molecule has 4 heteroatoms. The molecular weight excluding hydrogens is 317 g/mol. The second-order valence-electron chi connectivity index (χ2n) is 4.93. The van der Waals surface area contributed by atoms with Crippen molar-refractivity contribution in [2.45, 2.75) is 4.84 Å². The van der Waals surface area contributed by atoms with Crippen LogP contribution in [0.25, 0.3) is 21.9 Å². The molecule has 2 nitrogen and oxygen atoms in total. The number of carbonyl (C=O) groups excluding carboxylic acids is 1. The number of nitrogens with one attached hydrogen (secondary N) is 1. The van der Waals surface area contributed by atoms with E-state index in [4.69, 9.17) is 23.2 Å². The molecule has 0 aliphatic heterocycles. The summed E-state index contributed by atoms with van der Waals surface area (Å²) in [6, 6.07) is 22.1. The zero-order valence-corrected chi connectivity index (χ0v) is 13.1. The molecule has 22 heavy (non-hydrogen) atoms. The van der Waals surface area contributed by atoms with E-state index in [1.807, 2.05) is 30.3 Å². The minimum atomic E-state index is -1.08. The third-order valence-electron chi connectivity index (χ3n) is 3.41. The fourth-order valence-corrected chi connectivity index (χ4v) is 2.45. The van der Waals surface area contributed by atoms with Crippen molar-refractivity contribution < 1.29 is 4.79 Å². The molecule has 0 heterocycles. The van der Waals surface area contributed by atoms with E-state index in [2.05, 4.69) is 35.6 Å². The van der Waals surface area contributed by atoms with Gasteiger partial charge in [0.1, 0.15) is 0 Å². The van der Waals surface area contributed by atoms with Crippen LogP contribution in [0.5, 0.6) is 0 Å². The molecule has 0 unspecified atom stereocenters. The molecule has 1 amide bonds. The Morgan fingerprint density at radius 1 is 0.818 bits per heavy atom. The van der Waals surface area contributed by atoms with E-state index in [0.717, 1.165) is 11.1 Å². The number of anilines is 1. The van der Waals surface area contributed by atoms with Crippen LogP contribution in [-0.2, 0) is 4.79 Å². The summed E-state index contributed by atoms with van der Waals surface area (Å²) in [5.74, 6) is -0.431. The molecule has 0 saturated carbocycles. The van der Waals surface area contributed by atoms with Crippen LogP contribution < -0.4 is 5.32 Å². The number of fused-ring (bicyclic) bond motifs is 1. The Morgan fingerprint density at radius 3 is 2.32 bits per heavy atom. The number of carbonyl (C=O) groups is 1. The predicted octanol–water partition coefficient (Wildman–Crippen LogP) is 5.25. The lowest BCUT2D eigenvalue weighted by atomic mass is 10.0. The van der Waals surface area contributed by atoms with E-state index in [0.29, 0.717) is 5.69 Å². The fourth-order valence-electron chi connectivity index (χ4n) is 2.34. The summed E-state index contributed by atoms with van der Waals surface area (Å²) < 4.78 is 0. The van der Waals surface area contributed by atoms with Gasteiger partial charge in [-0.3, -0.25) is 4.79 Å². The van der Waals surface area contributed by atoms with Gasteiger partial charge in [-0.1, -0.05) is 71.7 Å². The molecule has 110 valence electrons. The van der Waals surface area contributed by atoms with Crippen molar-refractivity contribution in [2.24, 2.45) is 0 Å². The zero-order valence-electron chi connectivity index (χ0n) is 11.6. The minimum Gasteiger partial charge on any atom is -0.324 e. The van der Waals surface area contributed by atoms with Gasteiger partial charge in [-0.15, -0.1) is 0 Å². The summed E-state index contributed by atoms with van der Waals surface area (Å²) in [5.41, 5.74) is 2.77. The average Bonchev–Trinajstić information content (AvgIpc) is 2.54. The number of hydrogen-bond acceptors (Lipinski definition) is 1. The third-order valence-corrected chi connectivity index (χ3v) is 3.81. The van der Waals surface area contributed by atoms with Crippen LogP contribution in [0.2, 0.25) is 0 Å². The van der Waals surface area contributed by atoms with Crippen molar-refractivity contribution in [3.8, 4) is 11.1 Å². The maximum absolute atomic E-state index is 11.6. The standard InChI is InChI=1S/C18H13Cl2NO/c19-17(20)18(22)21-16-7-3-6-14(11-16)15-9-8-12-4-1-2-5-13(12)10-15/h1-11,17H,(H,21,22). The maximum Gasteiger partial charge on any atom is 0.257 e. The number of benzene rings is 3. The molecule has 0 atom stereocenters. The highest BCUT2D eigenvalue weighted by atomic mass is 35.5. The second kappa shape index (κ2) is 6.39. The molecule has 3 aromatic rings. The normalized spacial score (nSPS) is 10.9. The van der Waals surface area contributed by atoms with Crippen LogP contribution in [0.15, 0.2) is 66.7 Å². The van der Waals surface area contributed by atoms with Crippen molar-refractivity contribution in [1.82, 2.24) is 0 Å². The smallest absolute Gasteiger partial charge is 0.257 e. The zero-order chi connectivity index (χ0) is 15.5. The molecule has 0 fully saturated rings. The van der Waals surface area contributed by atoms with E-state index in [1.165, 1.54) is 10.8 Å². The Balaban J connectivity index is 1.94. The summed E-state index contributed by atoms with van der Waals surface area (Å²) >= 11 is 11.1. The SMILES string of the molecule is O=C(Nc1cccc(-c2ccc3ccccc3c2)c1)C(Cl)Cl. The lowest BCUT2D eigenvalue weighted by Gasteiger charge is -2.09. The summed E-state index contributed by atoms with van der Waals surface area (Å²) in [4.78, 5) is 10.5. The molecule has 0 aliphatic rings. The Kier molecular flexibility index (Phi) is 4.32. The number of amides is 1. The van der Waals surface area contributed by atoms with Crippen LogP contribution >= 0.6 is 23.2 Å². The molecule has 3 rings (SSSR count). The van der Waals surface area contributed by atoms with Crippen molar-refractivity contribution >= 4 is 45.6 Å². The number of rotatable bonds is 3. The Hall–Kier alpha value is -2.03. The highest BCUT2D eigenvalue weighted by Gasteiger charge is 2.11. The lowest BCUT2D eigenvalue weighted by Crippen LogP contribution is -2.18. The summed E-state index contributed by atoms with van der Waals surface area (Å²) in [6.07, 6.45) is 0. The first-order valence-electron chi connectivity index (χ1n) is 6.82. The quantitative estimate of drug-likeness (QED) is 0.653. The summed E-state index contributed by atoms with van der Waals surface area (Å²) in [5, 5.41) is 5.06. The van der Waals surface area contributed by atoms with Gasteiger partial charge in [-0.05, 0) is 40.1 Å². The molecule has 0 aliphatic carbocycles. The van der Waals surface area contributed by atoms with Gasteiger partial charge >= 0.3 is 0 Å². The van der Waals surface area contributed by atoms with Gasteiger partial charge in [0.25, 0.3) is 5.91 Å². The van der Waals surface area contributed by atoms with Crippen molar-refractivity contribution in [1.29, 1.82) is 0 Å². The van der Waals surface area contributed by atoms with Gasteiger partial charge in [-0.25, -0.2) is 0 Å². The second-order valence-corrected chi connectivity index (χ2v) is 6.03. The van der Waals surface area contributed by atoms with Gasteiger partial charge < -0.3 is 5.32 Å². The van der Waals surface area contributed by atoms with E-state index in [-0.39, 0.29) is 0 Å². The molecule has 0 spiro atoms. The molecule has 0 bridgehead atoms. The highest BCUT2D eigenvalue weighted by Crippen LogP contribution is 2.26. The van der Waals surface area contributed by atoms with Crippen molar-refractivity contribution in [3.63, 3.8) is 0 Å². The van der Waals surface area contributed by atoms with Crippen molar-refractivity contribution in [3.05, 3.63) is 66.7 Å². The van der Waals surface area contributed by atoms with Gasteiger partial charge in [-0.2, -0.15) is 0 Å². The molecule has 0 aromatic heterocycles. The van der Waals surface area contributed by atoms with E-state index in [1.54, 1.807) is 6.07 Å². The predicted molar refractivity (Wildman–Crippen MR) is 93.5 cm³/mol. The maximum atomic E-state index is 11.6. The Labute approximate surface area is 138 Å². The van der Waals surface area contributed by atoms with E-state index >= 15 is 0 Å². The Morgan fingerprint density at radius 2 is 1.55 bits per heavy atom. The first-order valence-corrected chi connectivity index (χ1v) is 7.69. The van der Waals surface area contributed by atoms with Crippen LogP contribution in [0, 0.1) is 0 Å². The van der Waals surface area contributed by atoms with Crippen LogP contribution in [0.1, 0.15) is 0 Å². The monoisotopic (exact) mass is 329 g/mol. The largest absolute Gasteiger partial charge is 0.324 e. The van der Waals surface area contributed by atoms with Gasteiger partial charge in [0.2, 0.25) is 0 Å². The van der Waals surface area contributed by atoms with E-state index < -0.39 is 10.7 Å². The number of alkyl halides is 2. The number of halogens is 2. The molecule has 1 N–H and O–H groups in total. The molecule has 0 saturated heterocycles. The molecular formula is C18H13Cl2NO. The van der Waals surface area contributed by atoms with Crippen LogP contribution in [0.3, 0.4) is 0 Å². The lowest BCUT2D eigenvalue weighted by molar-refractivity contribution is -0.114. The molecule has 3 aromatic carbocycles. The van der Waals surface area contributed by atoms with E-state index in [9.17, 15) is 4.79 Å². The van der Waals surface area contributed by atoms with Gasteiger partial charge in [0.05, 0.1) is 0 Å². The van der Waals surface area contributed by atoms with Crippen LogP contribution in [0.4, 0.5) is 5.69 Å². The summed E-state index contributed by atoms with van der Waals surface area (Å²) in [7, 11) is 0. The third kappa shape index (κ3) is 3.24. The minimum absolute atomic E-state index is 0.431. The molecule has 0 radical (unpaired) electrons. The first kappa shape index (κ1) is 14.9. The highest BCUT2D eigenvalue weighted by molar-refractivity contribution is 6.54. The average molecular weight is 330 g/mol. The summed E-state index contributed by atoms with van der Waals surface area (Å²) in [6.45, 7) is 0. The van der Waals surface area contributed by atoms with Crippen LogP contribution in [-0.4, -0.2) is 10.7 Å².